The Morgan fingerprint density at radius 1 is 1.06 bits per heavy atom. The molecule has 108 valence electrons. The topological polar surface area (TPSA) is 47.6 Å². The van der Waals surface area contributed by atoms with Crippen molar-refractivity contribution in [2.75, 3.05) is 19.8 Å². The van der Waals surface area contributed by atoms with Crippen LogP contribution in [0.4, 0.5) is 0 Å². The van der Waals surface area contributed by atoms with Crippen molar-refractivity contribution in [1.29, 1.82) is 0 Å². The Morgan fingerprint density at radius 2 is 1.61 bits per heavy atom. The van der Waals surface area contributed by atoms with Gasteiger partial charge in [-0.2, -0.15) is 0 Å². The van der Waals surface area contributed by atoms with Crippen LogP contribution < -0.4 is 5.32 Å². The Labute approximate surface area is 111 Å². The summed E-state index contributed by atoms with van der Waals surface area (Å²) in [4.78, 5) is 0. The zero-order valence-corrected chi connectivity index (χ0v) is 12.9. The molecule has 0 aromatic carbocycles. The minimum absolute atomic E-state index is 0.437. The van der Waals surface area contributed by atoms with Crippen molar-refractivity contribution in [2.45, 2.75) is 64.6 Å². The van der Waals surface area contributed by atoms with Crippen LogP contribution >= 0.6 is 7.60 Å². The molecule has 0 bridgehead atoms. The van der Waals surface area contributed by atoms with Crippen LogP contribution in [0.15, 0.2) is 0 Å². The molecule has 1 rings (SSSR count). The second-order valence-electron chi connectivity index (χ2n) is 4.85. The van der Waals surface area contributed by atoms with Gasteiger partial charge in [0.2, 0.25) is 0 Å². The van der Waals surface area contributed by atoms with Crippen molar-refractivity contribution in [3.63, 3.8) is 0 Å². The SMILES string of the molecule is CCCNC1(P(=O)(OCC)OCC)CCCCC1. The van der Waals surface area contributed by atoms with Gasteiger partial charge in [-0.1, -0.05) is 26.2 Å². The van der Waals surface area contributed by atoms with Crippen molar-refractivity contribution < 1.29 is 13.6 Å². The van der Waals surface area contributed by atoms with E-state index in [1.807, 2.05) is 13.8 Å². The van der Waals surface area contributed by atoms with E-state index >= 15 is 0 Å². The van der Waals surface area contributed by atoms with Crippen LogP contribution in [0.1, 0.15) is 59.3 Å². The zero-order valence-electron chi connectivity index (χ0n) is 12.0. The molecule has 0 aliphatic heterocycles. The Balaban J connectivity index is 2.92. The van der Waals surface area contributed by atoms with Gasteiger partial charge in [0.05, 0.1) is 13.2 Å². The maximum absolute atomic E-state index is 13.1. The lowest BCUT2D eigenvalue weighted by Crippen LogP contribution is -2.47. The molecule has 0 amide bonds. The number of rotatable bonds is 8. The van der Waals surface area contributed by atoms with E-state index in [2.05, 4.69) is 12.2 Å². The molecule has 1 aliphatic rings. The second kappa shape index (κ2) is 7.64. The Bertz CT molecular complexity index is 267. The molecule has 1 saturated carbocycles. The van der Waals surface area contributed by atoms with E-state index in [-0.39, 0.29) is 0 Å². The van der Waals surface area contributed by atoms with E-state index in [4.69, 9.17) is 9.05 Å². The molecular formula is C13H28NO3P. The van der Waals surface area contributed by atoms with Gasteiger partial charge in [0.25, 0.3) is 0 Å². The fourth-order valence-corrected chi connectivity index (χ4v) is 5.08. The van der Waals surface area contributed by atoms with Gasteiger partial charge in [-0.05, 0) is 39.7 Å². The van der Waals surface area contributed by atoms with Gasteiger partial charge in [0.15, 0.2) is 0 Å². The minimum Gasteiger partial charge on any atom is -0.308 e. The van der Waals surface area contributed by atoms with Gasteiger partial charge in [0.1, 0.15) is 5.28 Å². The van der Waals surface area contributed by atoms with Gasteiger partial charge < -0.3 is 14.4 Å². The molecule has 0 radical (unpaired) electrons. The van der Waals surface area contributed by atoms with Crippen LogP contribution in [-0.2, 0) is 13.6 Å². The molecule has 1 N–H and O–H groups in total. The first kappa shape index (κ1) is 16.2. The Morgan fingerprint density at radius 3 is 2.06 bits per heavy atom. The summed E-state index contributed by atoms with van der Waals surface area (Å²) in [6, 6.07) is 0. The predicted molar refractivity (Wildman–Crippen MR) is 75.0 cm³/mol. The van der Waals surface area contributed by atoms with Crippen LogP contribution in [0.5, 0.6) is 0 Å². The van der Waals surface area contributed by atoms with Crippen molar-refractivity contribution in [1.82, 2.24) is 5.32 Å². The van der Waals surface area contributed by atoms with Crippen LogP contribution in [0.3, 0.4) is 0 Å². The summed E-state index contributed by atoms with van der Waals surface area (Å²) in [6.07, 6.45) is 6.23. The first-order valence-electron chi connectivity index (χ1n) is 7.28. The lowest BCUT2D eigenvalue weighted by molar-refractivity contribution is 0.167. The van der Waals surface area contributed by atoms with Crippen LogP contribution in [0.25, 0.3) is 0 Å². The van der Waals surface area contributed by atoms with Crippen molar-refractivity contribution in [3.05, 3.63) is 0 Å². The lowest BCUT2D eigenvalue weighted by Gasteiger charge is -2.42. The third-order valence-corrected chi connectivity index (χ3v) is 6.36. The average molecular weight is 277 g/mol. The molecule has 0 aromatic rings. The third-order valence-electron chi connectivity index (χ3n) is 3.51. The third kappa shape index (κ3) is 3.57. The van der Waals surface area contributed by atoms with E-state index in [0.717, 1.165) is 38.6 Å². The maximum Gasteiger partial charge on any atom is 0.350 e. The highest BCUT2D eigenvalue weighted by Gasteiger charge is 2.50. The van der Waals surface area contributed by atoms with E-state index < -0.39 is 12.9 Å². The monoisotopic (exact) mass is 277 g/mol. The summed E-state index contributed by atoms with van der Waals surface area (Å²) in [6.45, 7) is 7.61. The quantitative estimate of drug-likeness (QED) is 0.683. The van der Waals surface area contributed by atoms with Crippen molar-refractivity contribution >= 4 is 7.60 Å². The highest BCUT2D eigenvalue weighted by Crippen LogP contribution is 2.63. The lowest BCUT2D eigenvalue weighted by atomic mass is 9.94. The molecule has 0 atom stereocenters. The molecule has 0 saturated heterocycles. The van der Waals surface area contributed by atoms with Crippen LogP contribution in [0.2, 0.25) is 0 Å². The van der Waals surface area contributed by atoms with Gasteiger partial charge in [0, 0.05) is 0 Å². The summed E-state index contributed by atoms with van der Waals surface area (Å²) in [5.74, 6) is 0. The number of nitrogens with one attached hydrogen (secondary N) is 1. The van der Waals surface area contributed by atoms with E-state index in [1.54, 1.807) is 0 Å². The summed E-state index contributed by atoms with van der Waals surface area (Å²) in [7, 11) is -3.07. The fourth-order valence-electron chi connectivity index (χ4n) is 2.67. The summed E-state index contributed by atoms with van der Waals surface area (Å²) in [5.41, 5.74) is 0. The molecule has 0 unspecified atom stereocenters. The minimum atomic E-state index is -3.07. The summed E-state index contributed by atoms with van der Waals surface area (Å²) < 4.78 is 24.3. The molecule has 0 spiro atoms. The summed E-state index contributed by atoms with van der Waals surface area (Å²) >= 11 is 0. The maximum atomic E-state index is 13.1. The molecule has 1 aliphatic carbocycles. The molecule has 1 fully saturated rings. The molecule has 5 heteroatoms. The molecule has 4 nitrogen and oxygen atoms in total. The second-order valence-corrected chi connectivity index (χ2v) is 7.22. The Hall–Kier alpha value is 0.110. The first-order valence-corrected chi connectivity index (χ1v) is 8.82. The Kier molecular flexibility index (Phi) is 6.86. The normalized spacial score (nSPS) is 19.9. The van der Waals surface area contributed by atoms with Crippen LogP contribution in [-0.4, -0.2) is 25.0 Å². The first-order chi connectivity index (χ1) is 8.64. The highest BCUT2D eigenvalue weighted by molar-refractivity contribution is 7.55. The van der Waals surface area contributed by atoms with Crippen molar-refractivity contribution in [2.24, 2.45) is 0 Å². The zero-order chi connectivity index (χ0) is 13.5. The molecule has 18 heavy (non-hydrogen) atoms. The van der Waals surface area contributed by atoms with Gasteiger partial charge in [-0.25, -0.2) is 0 Å². The molecule has 0 aromatic heterocycles. The summed E-state index contributed by atoms with van der Waals surface area (Å²) in [5, 5.41) is 3.03. The van der Waals surface area contributed by atoms with Gasteiger partial charge in [-0.15, -0.1) is 0 Å². The average Bonchev–Trinajstić information content (AvgIpc) is 2.38. The number of hydrogen-bond donors (Lipinski definition) is 1. The standard InChI is InChI=1S/C13H28NO3P/c1-4-12-14-13(10-8-7-9-11-13)18(15,16-5-2)17-6-3/h14H,4-12H2,1-3H3. The molecule has 0 heterocycles. The molecular weight excluding hydrogens is 249 g/mol. The van der Waals surface area contributed by atoms with E-state index in [0.29, 0.717) is 13.2 Å². The predicted octanol–water partition coefficient (Wildman–Crippen LogP) is 3.91. The largest absolute Gasteiger partial charge is 0.350 e. The van der Waals surface area contributed by atoms with Crippen molar-refractivity contribution in [3.8, 4) is 0 Å². The van der Waals surface area contributed by atoms with Gasteiger partial charge in [-0.3, -0.25) is 4.57 Å². The number of hydrogen-bond acceptors (Lipinski definition) is 4. The van der Waals surface area contributed by atoms with E-state index in [9.17, 15) is 4.57 Å². The van der Waals surface area contributed by atoms with Crippen LogP contribution in [0, 0.1) is 0 Å². The smallest absolute Gasteiger partial charge is 0.308 e. The fraction of sp³-hybridized carbons (Fsp3) is 1.00. The van der Waals surface area contributed by atoms with Gasteiger partial charge >= 0.3 is 7.60 Å². The van der Waals surface area contributed by atoms with E-state index in [1.165, 1.54) is 6.42 Å². The highest BCUT2D eigenvalue weighted by atomic mass is 31.2.